The smallest absolute Gasteiger partial charge is 0.255 e. The third-order valence-corrected chi connectivity index (χ3v) is 6.49. The fourth-order valence-electron chi connectivity index (χ4n) is 4.62. The highest BCUT2D eigenvalue weighted by Gasteiger charge is 2.35. The molecule has 2 aliphatic heterocycles. The standard InChI is InChI=1S/C24H31N5O2/c1-5-18-10-16(3)22(26-13-18)28-6-8-29(9-7-28)24(31)19-11-15(2)21(25-14-19)20-17(4)12-27-23(20)30/h10-11,13-14,17,20H,5-9,12H2,1-4H3,(H,27,30)/t17?,20-/m1/s1. The molecule has 2 aromatic rings. The molecular weight excluding hydrogens is 390 g/mol. The number of aryl methyl sites for hydroxylation is 3. The lowest BCUT2D eigenvalue weighted by molar-refractivity contribution is -0.120. The van der Waals surface area contributed by atoms with Crippen molar-refractivity contribution in [3.63, 3.8) is 0 Å². The highest BCUT2D eigenvalue weighted by Crippen LogP contribution is 2.30. The van der Waals surface area contributed by atoms with E-state index in [0.717, 1.165) is 36.6 Å². The van der Waals surface area contributed by atoms with Crippen molar-refractivity contribution < 1.29 is 9.59 Å². The number of amides is 2. The maximum Gasteiger partial charge on any atom is 0.255 e. The Balaban J connectivity index is 1.43. The summed E-state index contributed by atoms with van der Waals surface area (Å²) >= 11 is 0. The number of piperazine rings is 1. The molecule has 2 atom stereocenters. The molecule has 31 heavy (non-hydrogen) atoms. The molecular formula is C24H31N5O2. The number of hydrogen-bond donors (Lipinski definition) is 1. The zero-order valence-corrected chi connectivity index (χ0v) is 18.8. The summed E-state index contributed by atoms with van der Waals surface area (Å²) in [7, 11) is 0. The quantitative estimate of drug-likeness (QED) is 0.821. The van der Waals surface area contributed by atoms with Crippen molar-refractivity contribution in [2.24, 2.45) is 5.92 Å². The second-order valence-electron chi connectivity index (χ2n) is 8.74. The Morgan fingerprint density at radius 1 is 1.10 bits per heavy atom. The van der Waals surface area contributed by atoms with E-state index in [0.29, 0.717) is 25.2 Å². The molecule has 2 fully saturated rings. The highest BCUT2D eigenvalue weighted by molar-refractivity contribution is 5.94. The third kappa shape index (κ3) is 4.13. The van der Waals surface area contributed by atoms with E-state index in [1.54, 1.807) is 6.20 Å². The van der Waals surface area contributed by atoms with Gasteiger partial charge in [-0.1, -0.05) is 19.9 Å². The first kappa shape index (κ1) is 21.3. The van der Waals surface area contributed by atoms with Crippen LogP contribution in [0, 0.1) is 19.8 Å². The van der Waals surface area contributed by atoms with Crippen LogP contribution in [-0.2, 0) is 11.2 Å². The van der Waals surface area contributed by atoms with Crippen molar-refractivity contribution in [2.45, 2.75) is 40.0 Å². The number of hydrogen-bond acceptors (Lipinski definition) is 5. The van der Waals surface area contributed by atoms with Crippen LogP contribution in [-0.4, -0.2) is 59.4 Å². The van der Waals surface area contributed by atoms with Crippen molar-refractivity contribution in [3.8, 4) is 0 Å². The van der Waals surface area contributed by atoms with Crippen LogP contribution in [0.4, 0.5) is 5.82 Å². The van der Waals surface area contributed by atoms with Crippen LogP contribution >= 0.6 is 0 Å². The molecule has 0 bridgehead atoms. The first-order chi connectivity index (χ1) is 14.9. The van der Waals surface area contributed by atoms with E-state index in [1.165, 1.54) is 11.1 Å². The molecule has 4 rings (SSSR count). The van der Waals surface area contributed by atoms with Crippen molar-refractivity contribution in [3.05, 3.63) is 52.5 Å². The van der Waals surface area contributed by atoms with Gasteiger partial charge in [-0.15, -0.1) is 0 Å². The SMILES string of the molecule is CCc1cnc(N2CCN(C(=O)c3cnc([C@@H]4C(=O)NCC4C)c(C)c3)CC2)c(C)c1. The minimum absolute atomic E-state index is 0.00302. The van der Waals surface area contributed by atoms with Crippen molar-refractivity contribution in [1.29, 1.82) is 0 Å². The Hall–Kier alpha value is -2.96. The second-order valence-corrected chi connectivity index (χ2v) is 8.74. The zero-order chi connectivity index (χ0) is 22.1. The molecule has 0 aliphatic carbocycles. The van der Waals surface area contributed by atoms with E-state index in [1.807, 2.05) is 24.1 Å². The molecule has 1 unspecified atom stereocenters. The van der Waals surface area contributed by atoms with Crippen LogP contribution < -0.4 is 10.2 Å². The number of aromatic nitrogens is 2. The molecule has 0 spiro atoms. The van der Waals surface area contributed by atoms with Gasteiger partial charge in [-0.2, -0.15) is 0 Å². The number of carbonyl (C=O) groups is 2. The van der Waals surface area contributed by atoms with Gasteiger partial charge in [0.2, 0.25) is 5.91 Å². The first-order valence-corrected chi connectivity index (χ1v) is 11.1. The fourth-order valence-corrected chi connectivity index (χ4v) is 4.62. The number of carbonyl (C=O) groups excluding carboxylic acids is 2. The maximum absolute atomic E-state index is 13.1. The summed E-state index contributed by atoms with van der Waals surface area (Å²) in [5, 5.41) is 2.90. The van der Waals surface area contributed by atoms with Crippen LogP contribution in [0.1, 0.15) is 52.5 Å². The Morgan fingerprint density at radius 2 is 1.84 bits per heavy atom. The summed E-state index contributed by atoms with van der Waals surface area (Å²) in [4.78, 5) is 38.6. The minimum Gasteiger partial charge on any atom is -0.355 e. The number of nitrogens with zero attached hydrogens (tertiary/aromatic N) is 4. The average molecular weight is 422 g/mol. The fraction of sp³-hybridized carbons (Fsp3) is 0.500. The molecule has 4 heterocycles. The van der Waals surface area contributed by atoms with Gasteiger partial charge in [-0.05, 0) is 48.9 Å². The summed E-state index contributed by atoms with van der Waals surface area (Å²) in [6.45, 7) is 11.7. The van der Waals surface area contributed by atoms with Crippen LogP contribution in [0.2, 0.25) is 0 Å². The Bertz CT molecular complexity index is 997. The van der Waals surface area contributed by atoms with E-state index >= 15 is 0 Å². The maximum atomic E-state index is 13.1. The average Bonchev–Trinajstić information content (AvgIpc) is 3.11. The largest absolute Gasteiger partial charge is 0.355 e. The van der Waals surface area contributed by atoms with Gasteiger partial charge in [-0.25, -0.2) is 4.98 Å². The van der Waals surface area contributed by atoms with Gasteiger partial charge in [0.05, 0.1) is 17.2 Å². The number of anilines is 1. The van der Waals surface area contributed by atoms with Crippen molar-refractivity contribution in [2.75, 3.05) is 37.6 Å². The molecule has 2 amide bonds. The van der Waals surface area contributed by atoms with E-state index in [-0.39, 0.29) is 23.7 Å². The van der Waals surface area contributed by atoms with Gasteiger partial charge in [0.15, 0.2) is 0 Å². The Kier molecular flexibility index (Phi) is 5.94. The molecule has 0 saturated carbocycles. The molecule has 0 aromatic carbocycles. The summed E-state index contributed by atoms with van der Waals surface area (Å²) in [6, 6.07) is 4.08. The van der Waals surface area contributed by atoms with Gasteiger partial charge in [-0.3, -0.25) is 14.6 Å². The lowest BCUT2D eigenvalue weighted by Gasteiger charge is -2.36. The predicted molar refractivity (Wildman–Crippen MR) is 120 cm³/mol. The van der Waals surface area contributed by atoms with Gasteiger partial charge in [0.25, 0.3) is 5.91 Å². The van der Waals surface area contributed by atoms with E-state index in [4.69, 9.17) is 0 Å². The van der Waals surface area contributed by atoms with Crippen LogP contribution in [0.5, 0.6) is 0 Å². The summed E-state index contributed by atoms with van der Waals surface area (Å²) in [5.74, 6) is 1.00. The predicted octanol–water partition coefficient (Wildman–Crippen LogP) is 2.47. The number of pyridine rings is 2. The molecule has 7 heteroatoms. The zero-order valence-electron chi connectivity index (χ0n) is 18.8. The number of rotatable bonds is 4. The minimum atomic E-state index is -0.234. The molecule has 164 valence electrons. The van der Waals surface area contributed by atoms with Crippen LogP contribution in [0.3, 0.4) is 0 Å². The summed E-state index contributed by atoms with van der Waals surface area (Å²) in [6.07, 6.45) is 4.55. The van der Waals surface area contributed by atoms with Gasteiger partial charge in [0.1, 0.15) is 5.82 Å². The topological polar surface area (TPSA) is 78.4 Å². The second kappa shape index (κ2) is 8.65. The molecule has 1 N–H and O–H groups in total. The highest BCUT2D eigenvalue weighted by atomic mass is 16.2. The Morgan fingerprint density at radius 3 is 2.42 bits per heavy atom. The van der Waals surface area contributed by atoms with Crippen LogP contribution in [0.15, 0.2) is 24.5 Å². The molecule has 2 aliphatic rings. The van der Waals surface area contributed by atoms with Gasteiger partial charge >= 0.3 is 0 Å². The van der Waals surface area contributed by atoms with Crippen LogP contribution in [0.25, 0.3) is 0 Å². The monoisotopic (exact) mass is 421 g/mol. The molecule has 0 radical (unpaired) electrons. The Labute approximate surface area is 183 Å². The number of nitrogens with one attached hydrogen (secondary N) is 1. The lowest BCUT2D eigenvalue weighted by Crippen LogP contribution is -2.49. The normalized spacial score (nSPS) is 21.4. The first-order valence-electron chi connectivity index (χ1n) is 11.1. The van der Waals surface area contributed by atoms with E-state index < -0.39 is 0 Å². The van der Waals surface area contributed by atoms with E-state index in [9.17, 15) is 9.59 Å². The molecule has 7 nitrogen and oxygen atoms in total. The van der Waals surface area contributed by atoms with Gasteiger partial charge in [0, 0.05) is 45.1 Å². The molecule has 2 saturated heterocycles. The summed E-state index contributed by atoms with van der Waals surface area (Å²) < 4.78 is 0. The van der Waals surface area contributed by atoms with Crippen molar-refractivity contribution >= 4 is 17.6 Å². The summed E-state index contributed by atoms with van der Waals surface area (Å²) in [5.41, 5.74) is 4.68. The third-order valence-electron chi connectivity index (χ3n) is 6.49. The van der Waals surface area contributed by atoms with Gasteiger partial charge < -0.3 is 15.1 Å². The van der Waals surface area contributed by atoms with Crippen molar-refractivity contribution in [1.82, 2.24) is 20.2 Å². The molecule has 2 aromatic heterocycles. The lowest BCUT2D eigenvalue weighted by atomic mass is 9.90. The van der Waals surface area contributed by atoms with E-state index in [2.05, 4.69) is 47.0 Å².